The average Bonchev–Trinajstić information content (AvgIpc) is 2.32. The topological polar surface area (TPSA) is 23.5 Å². The molecule has 3 atom stereocenters. The summed E-state index contributed by atoms with van der Waals surface area (Å²) < 4.78 is 0.390. The van der Waals surface area contributed by atoms with Crippen LogP contribution in [0.4, 0.5) is 0 Å². The van der Waals surface area contributed by atoms with Crippen LogP contribution in [0.3, 0.4) is 0 Å². The fourth-order valence-corrected chi connectivity index (χ4v) is 4.99. The van der Waals surface area contributed by atoms with Gasteiger partial charge in [0.05, 0.1) is 6.10 Å². The van der Waals surface area contributed by atoms with E-state index in [1.807, 2.05) is 0 Å². The maximum absolute atomic E-state index is 10.3. The van der Waals surface area contributed by atoms with Crippen molar-refractivity contribution in [2.75, 3.05) is 25.4 Å². The number of aliphatic hydroxyl groups is 1. The van der Waals surface area contributed by atoms with E-state index in [0.29, 0.717) is 10.7 Å². The highest BCUT2D eigenvalue weighted by Crippen LogP contribution is 2.35. The lowest BCUT2D eigenvalue weighted by Gasteiger charge is -2.42. The lowest BCUT2D eigenvalue weighted by Crippen LogP contribution is -2.47. The van der Waals surface area contributed by atoms with Crippen LogP contribution in [0.25, 0.3) is 0 Å². The zero-order valence-corrected chi connectivity index (χ0v) is 13.7. The molecule has 0 aromatic rings. The molecule has 0 amide bonds. The molecule has 2 fully saturated rings. The van der Waals surface area contributed by atoms with E-state index in [9.17, 15) is 5.11 Å². The van der Waals surface area contributed by atoms with Gasteiger partial charge in [0.25, 0.3) is 0 Å². The van der Waals surface area contributed by atoms with Gasteiger partial charge in [-0.15, -0.1) is 0 Å². The molecule has 0 spiro atoms. The SMILES string of the molecule is CCCC1CCC(O)C(CN2CCSC(C)(C)C2)C1. The van der Waals surface area contributed by atoms with Gasteiger partial charge in [-0.1, -0.05) is 19.8 Å². The van der Waals surface area contributed by atoms with Gasteiger partial charge in [0.2, 0.25) is 0 Å². The van der Waals surface area contributed by atoms with Crippen LogP contribution in [0.5, 0.6) is 0 Å². The Labute approximate surface area is 123 Å². The monoisotopic (exact) mass is 285 g/mol. The third kappa shape index (κ3) is 4.64. The van der Waals surface area contributed by atoms with E-state index in [1.54, 1.807) is 0 Å². The van der Waals surface area contributed by atoms with Crippen LogP contribution in [-0.2, 0) is 0 Å². The van der Waals surface area contributed by atoms with Crippen LogP contribution in [-0.4, -0.2) is 46.2 Å². The first-order valence-electron chi connectivity index (χ1n) is 8.04. The second kappa shape index (κ2) is 6.82. The smallest absolute Gasteiger partial charge is 0.0580 e. The van der Waals surface area contributed by atoms with Gasteiger partial charge in [0, 0.05) is 30.1 Å². The van der Waals surface area contributed by atoms with Crippen LogP contribution in [0.1, 0.15) is 52.9 Å². The summed E-state index contributed by atoms with van der Waals surface area (Å²) >= 11 is 2.09. The highest BCUT2D eigenvalue weighted by atomic mass is 32.2. The van der Waals surface area contributed by atoms with Crippen molar-refractivity contribution in [2.24, 2.45) is 11.8 Å². The molecule has 2 nitrogen and oxygen atoms in total. The molecular formula is C16H31NOS. The molecule has 1 saturated carbocycles. The number of hydrogen-bond acceptors (Lipinski definition) is 3. The van der Waals surface area contributed by atoms with Crippen molar-refractivity contribution in [1.29, 1.82) is 0 Å². The standard InChI is InChI=1S/C16H31NOS/c1-4-5-13-6-7-15(18)14(10-13)11-17-8-9-19-16(2,3)12-17/h13-15,18H,4-12H2,1-3H3. The molecule has 0 aromatic carbocycles. The Hall–Kier alpha value is 0.270. The summed E-state index contributed by atoms with van der Waals surface area (Å²) in [4.78, 5) is 2.60. The van der Waals surface area contributed by atoms with Crippen LogP contribution in [0.15, 0.2) is 0 Å². The van der Waals surface area contributed by atoms with Crippen molar-refractivity contribution in [3.63, 3.8) is 0 Å². The predicted octanol–water partition coefficient (Wildman–Crippen LogP) is 3.39. The Morgan fingerprint density at radius 1 is 1.32 bits per heavy atom. The first-order valence-corrected chi connectivity index (χ1v) is 9.03. The summed E-state index contributed by atoms with van der Waals surface area (Å²) in [5.74, 6) is 2.63. The minimum absolute atomic E-state index is 0.0502. The molecule has 1 aliphatic heterocycles. The molecule has 3 unspecified atom stereocenters. The van der Waals surface area contributed by atoms with Gasteiger partial charge in [-0.05, 0) is 44.9 Å². The largest absolute Gasteiger partial charge is 0.393 e. The van der Waals surface area contributed by atoms with Crippen LogP contribution in [0.2, 0.25) is 0 Å². The van der Waals surface area contributed by atoms with E-state index in [-0.39, 0.29) is 6.10 Å². The zero-order valence-electron chi connectivity index (χ0n) is 12.9. The maximum Gasteiger partial charge on any atom is 0.0580 e. The van der Waals surface area contributed by atoms with E-state index < -0.39 is 0 Å². The van der Waals surface area contributed by atoms with Gasteiger partial charge < -0.3 is 10.0 Å². The second-order valence-corrected chi connectivity index (χ2v) is 8.94. The van der Waals surface area contributed by atoms with Gasteiger partial charge in [-0.2, -0.15) is 11.8 Å². The normalized spacial score (nSPS) is 36.3. The molecule has 2 aliphatic rings. The fourth-order valence-electron chi connectivity index (χ4n) is 3.81. The third-order valence-corrected chi connectivity index (χ3v) is 6.04. The summed E-state index contributed by atoms with van der Waals surface area (Å²) in [6.45, 7) is 10.5. The van der Waals surface area contributed by atoms with Gasteiger partial charge in [0.1, 0.15) is 0 Å². The molecule has 3 heteroatoms. The molecule has 0 bridgehead atoms. The molecule has 19 heavy (non-hydrogen) atoms. The van der Waals surface area contributed by atoms with Gasteiger partial charge >= 0.3 is 0 Å². The molecule has 0 radical (unpaired) electrons. The minimum Gasteiger partial charge on any atom is -0.393 e. The first kappa shape index (κ1) is 15.7. The number of aliphatic hydroxyl groups excluding tert-OH is 1. The van der Waals surface area contributed by atoms with Crippen molar-refractivity contribution < 1.29 is 5.11 Å². The van der Waals surface area contributed by atoms with Crippen LogP contribution < -0.4 is 0 Å². The fraction of sp³-hybridized carbons (Fsp3) is 1.00. The number of nitrogens with zero attached hydrogens (tertiary/aromatic N) is 1. The van der Waals surface area contributed by atoms with E-state index in [4.69, 9.17) is 0 Å². The summed E-state index contributed by atoms with van der Waals surface area (Å²) in [6.07, 6.45) is 6.12. The number of rotatable bonds is 4. The Morgan fingerprint density at radius 3 is 2.79 bits per heavy atom. The summed E-state index contributed by atoms with van der Waals surface area (Å²) in [5.41, 5.74) is 0. The minimum atomic E-state index is -0.0502. The summed E-state index contributed by atoms with van der Waals surface area (Å²) in [5, 5.41) is 10.3. The van der Waals surface area contributed by atoms with Gasteiger partial charge in [0.15, 0.2) is 0 Å². The van der Waals surface area contributed by atoms with E-state index >= 15 is 0 Å². The van der Waals surface area contributed by atoms with Gasteiger partial charge in [-0.25, -0.2) is 0 Å². The molecule has 1 saturated heterocycles. The maximum atomic E-state index is 10.3. The highest BCUT2D eigenvalue weighted by molar-refractivity contribution is 8.00. The summed E-state index contributed by atoms with van der Waals surface area (Å²) in [7, 11) is 0. The Balaban J connectivity index is 1.85. The lowest BCUT2D eigenvalue weighted by atomic mass is 9.77. The Morgan fingerprint density at radius 2 is 2.11 bits per heavy atom. The zero-order chi connectivity index (χ0) is 13.9. The Bertz CT molecular complexity index is 282. The predicted molar refractivity (Wildman–Crippen MR) is 84.7 cm³/mol. The molecule has 112 valence electrons. The quantitative estimate of drug-likeness (QED) is 0.856. The number of hydrogen-bond donors (Lipinski definition) is 1. The average molecular weight is 285 g/mol. The van der Waals surface area contributed by atoms with Crippen LogP contribution in [0, 0.1) is 11.8 Å². The highest BCUT2D eigenvalue weighted by Gasteiger charge is 2.33. The molecule has 2 rings (SSSR count). The number of thioether (sulfide) groups is 1. The summed E-state index contributed by atoms with van der Waals surface area (Å²) in [6, 6.07) is 0. The van der Waals surface area contributed by atoms with E-state index in [2.05, 4.69) is 37.4 Å². The van der Waals surface area contributed by atoms with Crippen molar-refractivity contribution in [1.82, 2.24) is 4.90 Å². The first-order chi connectivity index (χ1) is 9.00. The molecular weight excluding hydrogens is 254 g/mol. The molecule has 1 N–H and O–H groups in total. The van der Waals surface area contributed by atoms with Crippen LogP contribution >= 0.6 is 11.8 Å². The second-order valence-electron chi connectivity index (χ2n) is 7.14. The molecule has 1 heterocycles. The lowest BCUT2D eigenvalue weighted by molar-refractivity contribution is 0.0250. The van der Waals surface area contributed by atoms with Crippen molar-refractivity contribution in [2.45, 2.75) is 63.7 Å². The molecule has 0 aromatic heterocycles. The Kier molecular flexibility index (Phi) is 5.62. The van der Waals surface area contributed by atoms with E-state index in [0.717, 1.165) is 18.9 Å². The van der Waals surface area contributed by atoms with Crippen molar-refractivity contribution >= 4 is 11.8 Å². The van der Waals surface area contributed by atoms with Crippen molar-refractivity contribution in [3.05, 3.63) is 0 Å². The van der Waals surface area contributed by atoms with Crippen molar-refractivity contribution in [3.8, 4) is 0 Å². The third-order valence-electron chi connectivity index (χ3n) is 4.75. The van der Waals surface area contributed by atoms with E-state index in [1.165, 1.54) is 44.5 Å². The molecule has 1 aliphatic carbocycles. The van der Waals surface area contributed by atoms with Gasteiger partial charge in [-0.3, -0.25) is 0 Å².